The molecule has 0 radical (unpaired) electrons. The van der Waals surface area contributed by atoms with E-state index in [4.69, 9.17) is 0 Å². The minimum atomic E-state index is -0.231. The van der Waals surface area contributed by atoms with Crippen LogP contribution in [0.4, 0.5) is 0 Å². The summed E-state index contributed by atoms with van der Waals surface area (Å²) in [4.78, 5) is 0. The smallest absolute Gasteiger partial charge is 0.0159 e. The monoisotopic (exact) mass is 864 g/mol. The van der Waals surface area contributed by atoms with E-state index in [0.29, 0.717) is 0 Å². The molecule has 0 heteroatoms. The molecular weight excluding hydrogens is 817 g/mol. The summed E-state index contributed by atoms with van der Waals surface area (Å²) in [6.45, 7) is 9.61. The predicted molar refractivity (Wildman–Crippen MR) is 291 cm³/mol. The lowest BCUT2D eigenvalue weighted by atomic mass is 9.79. The topological polar surface area (TPSA) is 0 Å². The number of hydrogen-bond acceptors (Lipinski definition) is 0. The average molecular weight is 865 g/mol. The third-order valence-electron chi connectivity index (χ3n) is 16.0. The van der Waals surface area contributed by atoms with Crippen LogP contribution in [0.15, 0.2) is 218 Å². The van der Waals surface area contributed by atoms with E-state index in [9.17, 15) is 0 Å². The Labute approximate surface area is 397 Å². The van der Waals surface area contributed by atoms with Crippen LogP contribution in [0.2, 0.25) is 0 Å². The highest BCUT2D eigenvalue weighted by Crippen LogP contribution is 2.55. The van der Waals surface area contributed by atoms with E-state index in [1.54, 1.807) is 0 Å². The molecule has 12 aromatic carbocycles. The van der Waals surface area contributed by atoms with Crippen LogP contribution in [0, 0.1) is 0 Å². The van der Waals surface area contributed by atoms with E-state index in [2.05, 4.69) is 246 Å². The van der Waals surface area contributed by atoms with Gasteiger partial charge in [0.05, 0.1) is 0 Å². The molecule has 0 N–H and O–H groups in total. The molecular formula is C68H48. The van der Waals surface area contributed by atoms with Crippen molar-refractivity contribution in [2.24, 2.45) is 0 Å². The Morgan fingerprint density at radius 1 is 0.221 bits per heavy atom. The first-order valence-corrected chi connectivity index (χ1v) is 24.2. The Morgan fingerprint density at radius 3 is 0.941 bits per heavy atom. The molecule has 320 valence electrons. The fraction of sp³-hybridized carbons (Fsp3) is 0.0882. The normalized spacial score (nSPS) is 14.1. The molecule has 0 aromatic heterocycles. The fourth-order valence-electron chi connectivity index (χ4n) is 12.8. The quantitative estimate of drug-likeness (QED) is 0.155. The predicted octanol–water partition coefficient (Wildman–Crippen LogP) is 18.7. The van der Waals surface area contributed by atoms with Gasteiger partial charge in [-0.2, -0.15) is 0 Å². The maximum absolute atomic E-state index is 2.52. The molecule has 2 aliphatic rings. The molecule has 0 fully saturated rings. The second-order valence-electron chi connectivity index (χ2n) is 20.3. The first-order chi connectivity index (χ1) is 33.3. The third-order valence-corrected chi connectivity index (χ3v) is 16.0. The molecule has 2 aliphatic carbocycles. The van der Waals surface area contributed by atoms with Gasteiger partial charge in [-0.15, -0.1) is 0 Å². The molecule has 0 nitrogen and oxygen atoms in total. The van der Waals surface area contributed by atoms with E-state index < -0.39 is 0 Å². The Bertz CT molecular complexity index is 4020. The van der Waals surface area contributed by atoms with Crippen LogP contribution in [0.5, 0.6) is 0 Å². The van der Waals surface area contributed by atoms with Crippen molar-refractivity contribution in [1.82, 2.24) is 0 Å². The zero-order valence-corrected chi connectivity index (χ0v) is 38.8. The zero-order chi connectivity index (χ0) is 45.5. The zero-order valence-electron chi connectivity index (χ0n) is 38.8. The van der Waals surface area contributed by atoms with E-state index in [1.807, 2.05) is 0 Å². The molecule has 14 rings (SSSR count). The maximum Gasteiger partial charge on any atom is 0.0159 e. The minimum absolute atomic E-state index is 0.0761. The van der Waals surface area contributed by atoms with Gasteiger partial charge in [0.25, 0.3) is 0 Å². The minimum Gasteiger partial charge on any atom is -0.0619 e. The van der Waals surface area contributed by atoms with Crippen molar-refractivity contribution in [2.75, 3.05) is 0 Å². The standard InChI is InChI=1S/C68H48/c1-67(2)59-31-16-15-21-46(59)47-35-32-42(38-60(47)67)63-51-22-7-9-24-53(51)64(54-25-10-8-23-52(54)63)43-33-36-48-49-37-34-44(40-62(49)68(3,4)61(48)39-43)65-55-26-11-13-28-57(55)66(58-29-14-12-27-56(58)65)50-30-17-19-41-18-5-6-20-45(41)50/h5-40H,1-4H3. The van der Waals surface area contributed by atoms with Crippen molar-refractivity contribution < 1.29 is 0 Å². The molecule has 0 unspecified atom stereocenters. The molecule has 12 aromatic rings. The maximum atomic E-state index is 2.52. The van der Waals surface area contributed by atoms with Crippen LogP contribution in [-0.4, -0.2) is 0 Å². The van der Waals surface area contributed by atoms with Crippen molar-refractivity contribution in [3.05, 3.63) is 241 Å². The molecule has 68 heavy (non-hydrogen) atoms. The molecule has 0 bridgehead atoms. The number of fused-ring (bicyclic) bond motifs is 11. The van der Waals surface area contributed by atoms with Crippen molar-refractivity contribution >= 4 is 53.9 Å². The third kappa shape index (κ3) is 5.38. The van der Waals surface area contributed by atoms with Gasteiger partial charge in [-0.1, -0.05) is 228 Å². The van der Waals surface area contributed by atoms with E-state index >= 15 is 0 Å². The van der Waals surface area contributed by atoms with Crippen molar-refractivity contribution in [2.45, 2.75) is 38.5 Å². The second kappa shape index (κ2) is 14.2. The lowest BCUT2D eigenvalue weighted by Crippen LogP contribution is -2.15. The van der Waals surface area contributed by atoms with Gasteiger partial charge < -0.3 is 0 Å². The summed E-state index contributed by atoms with van der Waals surface area (Å²) in [6, 6.07) is 82.6. The van der Waals surface area contributed by atoms with Gasteiger partial charge in [-0.25, -0.2) is 0 Å². The van der Waals surface area contributed by atoms with E-state index in [0.717, 1.165) is 0 Å². The first kappa shape index (κ1) is 39.1. The molecule has 0 spiro atoms. The van der Waals surface area contributed by atoms with Crippen LogP contribution in [0.1, 0.15) is 49.9 Å². The van der Waals surface area contributed by atoms with Gasteiger partial charge in [-0.05, 0) is 161 Å². The molecule has 0 heterocycles. The lowest BCUT2D eigenvalue weighted by Gasteiger charge is -2.24. The van der Waals surface area contributed by atoms with Gasteiger partial charge in [0.15, 0.2) is 0 Å². The fourth-order valence-corrected chi connectivity index (χ4v) is 12.8. The summed E-state index contributed by atoms with van der Waals surface area (Å²) < 4.78 is 0. The summed E-state index contributed by atoms with van der Waals surface area (Å²) in [5, 5.41) is 12.8. The van der Waals surface area contributed by atoms with E-state index in [1.165, 1.54) is 143 Å². The van der Waals surface area contributed by atoms with Gasteiger partial charge in [0, 0.05) is 10.8 Å². The molecule has 0 saturated heterocycles. The Balaban J connectivity index is 0.921. The van der Waals surface area contributed by atoms with Crippen molar-refractivity contribution in [3.8, 4) is 66.8 Å². The molecule has 0 saturated carbocycles. The largest absolute Gasteiger partial charge is 0.0619 e. The molecule has 0 atom stereocenters. The van der Waals surface area contributed by atoms with E-state index in [-0.39, 0.29) is 10.8 Å². The Kier molecular flexibility index (Phi) is 8.19. The van der Waals surface area contributed by atoms with Crippen LogP contribution in [-0.2, 0) is 10.8 Å². The first-order valence-electron chi connectivity index (χ1n) is 24.2. The highest BCUT2D eigenvalue weighted by Gasteiger charge is 2.38. The Morgan fingerprint density at radius 2 is 0.515 bits per heavy atom. The van der Waals surface area contributed by atoms with Crippen LogP contribution < -0.4 is 0 Å². The average Bonchev–Trinajstić information content (AvgIpc) is 3.75. The summed E-state index contributed by atoms with van der Waals surface area (Å²) in [6.07, 6.45) is 0. The molecule has 0 aliphatic heterocycles. The molecule has 0 amide bonds. The number of hydrogen-bond donors (Lipinski definition) is 0. The summed E-state index contributed by atoms with van der Waals surface area (Å²) in [7, 11) is 0. The Hall–Kier alpha value is -8.06. The van der Waals surface area contributed by atoms with Crippen molar-refractivity contribution in [3.63, 3.8) is 0 Å². The van der Waals surface area contributed by atoms with Crippen molar-refractivity contribution in [1.29, 1.82) is 0 Å². The summed E-state index contributed by atoms with van der Waals surface area (Å²) >= 11 is 0. The summed E-state index contributed by atoms with van der Waals surface area (Å²) in [5.74, 6) is 0. The summed E-state index contributed by atoms with van der Waals surface area (Å²) in [5.41, 5.74) is 20.9. The highest BCUT2D eigenvalue weighted by molar-refractivity contribution is 6.24. The SMILES string of the molecule is CC1(C)c2ccccc2-c2ccc(-c3c4ccccc4c(-c4ccc5c(c4)C(C)(C)c4cc(-c6c7ccccc7c(-c7cccc8ccccc78)c7ccccc67)ccc4-5)c4ccccc34)cc21. The number of rotatable bonds is 4. The second-order valence-corrected chi connectivity index (χ2v) is 20.3. The van der Waals surface area contributed by atoms with Gasteiger partial charge in [0.1, 0.15) is 0 Å². The highest BCUT2D eigenvalue weighted by atomic mass is 14.4. The van der Waals surface area contributed by atoms with Crippen LogP contribution >= 0.6 is 0 Å². The lowest BCUT2D eigenvalue weighted by molar-refractivity contribution is 0.660. The van der Waals surface area contributed by atoms with Crippen LogP contribution in [0.25, 0.3) is 121 Å². The van der Waals surface area contributed by atoms with Gasteiger partial charge in [0.2, 0.25) is 0 Å². The van der Waals surface area contributed by atoms with Crippen LogP contribution in [0.3, 0.4) is 0 Å². The van der Waals surface area contributed by atoms with Gasteiger partial charge in [-0.3, -0.25) is 0 Å². The van der Waals surface area contributed by atoms with Gasteiger partial charge >= 0.3 is 0 Å². The number of benzene rings is 12.